The molecule has 1 saturated carbocycles. The first-order valence-corrected chi connectivity index (χ1v) is 6.29. The molecule has 1 aromatic rings. The zero-order valence-electron chi connectivity index (χ0n) is 9.12. The molecular formula is C11H18N2OS. The molecule has 0 bridgehead atoms. The molecule has 2 N–H and O–H groups in total. The fraction of sp³-hybridized carbons (Fsp3) is 0.727. The third-order valence-electron chi connectivity index (χ3n) is 3.07. The van der Waals surface area contributed by atoms with Crippen LogP contribution in [0.15, 0.2) is 6.20 Å². The molecule has 0 atom stereocenters. The Hall–Kier alpha value is -0.450. The van der Waals surface area contributed by atoms with Crippen molar-refractivity contribution < 1.29 is 5.11 Å². The summed E-state index contributed by atoms with van der Waals surface area (Å²) in [6.45, 7) is 4.30. The van der Waals surface area contributed by atoms with Gasteiger partial charge in [0.05, 0.1) is 5.01 Å². The Labute approximate surface area is 94.5 Å². The van der Waals surface area contributed by atoms with Crippen LogP contribution in [-0.4, -0.2) is 23.2 Å². The Morgan fingerprint density at radius 2 is 2.40 bits per heavy atom. The van der Waals surface area contributed by atoms with E-state index in [0.29, 0.717) is 12.0 Å². The maximum absolute atomic E-state index is 8.93. The van der Waals surface area contributed by atoms with Gasteiger partial charge in [0.25, 0.3) is 0 Å². The number of hydrogen-bond donors (Lipinski definition) is 2. The molecule has 84 valence electrons. The molecule has 1 heterocycles. The van der Waals surface area contributed by atoms with Gasteiger partial charge in [-0.15, -0.1) is 11.3 Å². The van der Waals surface area contributed by atoms with Gasteiger partial charge in [0.15, 0.2) is 0 Å². The van der Waals surface area contributed by atoms with Crippen LogP contribution < -0.4 is 5.32 Å². The standard InChI is InChI=1S/C11H18N2OS/c1-9-13-7-10(15-9)6-12-8-11(2-3-11)4-5-14/h7,12,14H,2-6,8H2,1H3. The highest BCUT2D eigenvalue weighted by atomic mass is 32.1. The second-order valence-corrected chi connectivity index (χ2v) is 5.74. The number of aromatic nitrogens is 1. The van der Waals surface area contributed by atoms with Crippen LogP contribution in [0.25, 0.3) is 0 Å². The van der Waals surface area contributed by atoms with Crippen molar-refractivity contribution in [1.82, 2.24) is 10.3 Å². The molecular weight excluding hydrogens is 208 g/mol. The first-order valence-electron chi connectivity index (χ1n) is 5.47. The molecule has 1 fully saturated rings. The average Bonchev–Trinajstić information content (AvgIpc) is 2.83. The SMILES string of the molecule is Cc1ncc(CNCC2(CCO)CC2)s1. The molecule has 0 unspecified atom stereocenters. The number of aryl methyl sites for hydroxylation is 1. The summed E-state index contributed by atoms with van der Waals surface area (Å²) in [7, 11) is 0. The minimum absolute atomic E-state index is 0.321. The van der Waals surface area contributed by atoms with Gasteiger partial charge in [0, 0.05) is 30.8 Å². The summed E-state index contributed by atoms with van der Waals surface area (Å²) in [4.78, 5) is 5.52. The van der Waals surface area contributed by atoms with Crippen molar-refractivity contribution in [3.05, 3.63) is 16.1 Å². The minimum atomic E-state index is 0.321. The summed E-state index contributed by atoms with van der Waals surface area (Å²) in [5, 5.41) is 13.5. The lowest BCUT2D eigenvalue weighted by atomic mass is 10.0. The van der Waals surface area contributed by atoms with Gasteiger partial charge in [0.2, 0.25) is 0 Å². The molecule has 2 rings (SSSR count). The normalized spacial score (nSPS) is 18.0. The molecule has 15 heavy (non-hydrogen) atoms. The maximum atomic E-state index is 8.93. The first-order chi connectivity index (χ1) is 7.24. The highest BCUT2D eigenvalue weighted by molar-refractivity contribution is 7.11. The maximum Gasteiger partial charge on any atom is 0.0897 e. The molecule has 1 aliphatic carbocycles. The van der Waals surface area contributed by atoms with E-state index in [4.69, 9.17) is 5.11 Å². The number of aliphatic hydroxyl groups is 1. The molecule has 0 radical (unpaired) electrons. The Morgan fingerprint density at radius 3 is 2.93 bits per heavy atom. The van der Waals surface area contributed by atoms with Gasteiger partial charge < -0.3 is 10.4 Å². The first kappa shape index (κ1) is 11.0. The lowest BCUT2D eigenvalue weighted by Gasteiger charge is -2.13. The van der Waals surface area contributed by atoms with Crippen LogP contribution >= 0.6 is 11.3 Å². The fourth-order valence-electron chi connectivity index (χ4n) is 1.87. The van der Waals surface area contributed by atoms with E-state index >= 15 is 0 Å². The molecule has 0 aromatic carbocycles. The highest BCUT2D eigenvalue weighted by Gasteiger charge is 2.41. The Balaban J connectivity index is 1.71. The summed E-state index contributed by atoms with van der Waals surface area (Å²) in [5.74, 6) is 0. The largest absolute Gasteiger partial charge is 0.396 e. The van der Waals surface area contributed by atoms with E-state index < -0.39 is 0 Å². The van der Waals surface area contributed by atoms with Crippen molar-refractivity contribution in [2.45, 2.75) is 32.7 Å². The number of nitrogens with one attached hydrogen (secondary N) is 1. The van der Waals surface area contributed by atoms with Crippen molar-refractivity contribution in [2.24, 2.45) is 5.41 Å². The number of aliphatic hydroxyl groups excluding tert-OH is 1. The van der Waals surface area contributed by atoms with Crippen LogP contribution in [0.3, 0.4) is 0 Å². The Bertz CT molecular complexity index is 320. The van der Waals surface area contributed by atoms with Gasteiger partial charge >= 0.3 is 0 Å². The second kappa shape index (κ2) is 4.60. The topological polar surface area (TPSA) is 45.2 Å². The van der Waals surface area contributed by atoms with E-state index in [1.807, 2.05) is 13.1 Å². The fourth-order valence-corrected chi connectivity index (χ4v) is 2.63. The molecule has 0 amide bonds. The number of nitrogens with zero attached hydrogens (tertiary/aromatic N) is 1. The summed E-state index contributed by atoms with van der Waals surface area (Å²) in [6.07, 6.45) is 5.42. The van der Waals surface area contributed by atoms with Crippen LogP contribution in [-0.2, 0) is 6.54 Å². The molecule has 1 aliphatic rings. The summed E-state index contributed by atoms with van der Waals surface area (Å²) < 4.78 is 0. The third-order valence-corrected chi connectivity index (χ3v) is 3.98. The van der Waals surface area contributed by atoms with Gasteiger partial charge in [-0.25, -0.2) is 4.98 Å². The van der Waals surface area contributed by atoms with Crippen molar-refractivity contribution in [2.75, 3.05) is 13.2 Å². The van der Waals surface area contributed by atoms with Crippen LogP contribution in [0.2, 0.25) is 0 Å². The second-order valence-electron chi connectivity index (χ2n) is 4.42. The minimum Gasteiger partial charge on any atom is -0.396 e. The predicted molar refractivity (Wildman–Crippen MR) is 61.9 cm³/mol. The summed E-state index contributed by atoms with van der Waals surface area (Å²) in [6, 6.07) is 0. The van der Waals surface area contributed by atoms with Crippen LogP contribution in [0.5, 0.6) is 0 Å². The number of hydrogen-bond acceptors (Lipinski definition) is 4. The molecule has 0 spiro atoms. The summed E-state index contributed by atoms with van der Waals surface area (Å²) >= 11 is 1.75. The quantitative estimate of drug-likeness (QED) is 0.776. The van der Waals surface area contributed by atoms with Gasteiger partial charge in [-0.05, 0) is 31.6 Å². The van der Waals surface area contributed by atoms with Crippen molar-refractivity contribution >= 4 is 11.3 Å². The van der Waals surface area contributed by atoms with Gasteiger partial charge in [-0.3, -0.25) is 0 Å². The zero-order chi connectivity index (χ0) is 10.7. The van der Waals surface area contributed by atoms with Crippen molar-refractivity contribution in [1.29, 1.82) is 0 Å². The number of thiazole rings is 1. The third kappa shape index (κ3) is 3.00. The van der Waals surface area contributed by atoms with E-state index in [2.05, 4.69) is 10.3 Å². The van der Waals surface area contributed by atoms with Crippen LogP contribution in [0.1, 0.15) is 29.1 Å². The summed E-state index contributed by atoms with van der Waals surface area (Å²) in [5.41, 5.74) is 0.411. The van der Waals surface area contributed by atoms with E-state index in [9.17, 15) is 0 Å². The van der Waals surface area contributed by atoms with E-state index in [1.165, 1.54) is 17.7 Å². The monoisotopic (exact) mass is 226 g/mol. The Morgan fingerprint density at radius 1 is 1.60 bits per heavy atom. The van der Waals surface area contributed by atoms with Crippen molar-refractivity contribution in [3.8, 4) is 0 Å². The Kier molecular flexibility index (Phi) is 3.38. The van der Waals surface area contributed by atoms with E-state index in [-0.39, 0.29) is 0 Å². The van der Waals surface area contributed by atoms with E-state index in [1.54, 1.807) is 11.3 Å². The van der Waals surface area contributed by atoms with Crippen molar-refractivity contribution in [3.63, 3.8) is 0 Å². The lowest BCUT2D eigenvalue weighted by molar-refractivity contribution is 0.245. The average molecular weight is 226 g/mol. The number of rotatable bonds is 6. The smallest absolute Gasteiger partial charge is 0.0897 e. The molecule has 4 heteroatoms. The lowest BCUT2D eigenvalue weighted by Crippen LogP contribution is -2.24. The molecule has 1 aromatic heterocycles. The molecule has 0 saturated heterocycles. The predicted octanol–water partition coefficient (Wildman–Crippen LogP) is 1.70. The molecule has 0 aliphatic heterocycles. The van der Waals surface area contributed by atoms with Gasteiger partial charge in [-0.1, -0.05) is 0 Å². The highest BCUT2D eigenvalue weighted by Crippen LogP contribution is 2.47. The van der Waals surface area contributed by atoms with Crippen LogP contribution in [0.4, 0.5) is 0 Å². The van der Waals surface area contributed by atoms with Gasteiger partial charge in [0.1, 0.15) is 0 Å². The van der Waals surface area contributed by atoms with E-state index in [0.717, 1.165) is 24.5 Å². The molecule has 3 nitrogen and oxygen atoms in total. The van der Waals surface area contributed by atoms with Crippen LogP contribution in [0, 0.1) is 12.3 Å². The van der Waals surface area contributed by atoms with Gasteiger partial charge in [-0.2, -0.15) is 0 Å². The zero-order valence-corrected chi connectivity index (χ0v) is 9.94.